The summed E-state index contributed by atoms with van der Waals surface area (Å²) in [7, 11) is 0. The Bertz CT molecular complexity index is 260. The molecule has 1 saturated carbocycles. The molecule has 2 rings (SSSR count). The first-order valence-electron chi connectivity index (χ1n) is 7.89. The van der Waals surface area contributed by atoms with E-state index in [1.165, 1.54) is 44.9 Å². The minimum absolute atomic E-state index is 0.140. The van der Waals surface area contributed by atoms with Crippen LogP contribution in [0.3, 0.4) is 0 Å². The van der Waals surface area contributed by atoms with E-state index in [1.807, 2.05) is 30.3 Å². The largest absolute Gasteiger partial charge is 0.392 e. The van der Waals surface area contributed by atoms with E-state index in [1.54, 1.807) is 0 Å². The smallest absolute Gasteiger partial charge is 0.0681 e. The van der Waals surface area contributed by atoms with Crippen molar-refractivity contribution in [3.05, 3.63) is 35.9 Å². The van der Waals surface area contributed by atoms with Crippen LogP contribution in [0.25, 0.3) is 0 Å². The Morgan fingerprint density at radius 2 is 1.47 bits per heavy atom. The average molecular weight is 264 g/mol. The first-order chi connectivity index (χ1) is 9.24. The van der Waals surface area contributed by atoms with Crippen LogP contribution in [0.15, 0.2) is 30.3 Å². The Labute approximate surface area is 120 Å². The van der Waals surface area contributed by atoms with Gasteiger partial charge in [-0.25, -0.2) is 0 Å². The Kier molecular flexibility index (Phi) is 13.0. The van der Waals surface area contributed by atoms with E-state index in [0.717, 1.165) is 11.5 Å². The lowest BCUT2D eigenvalue weighted by Gasteiger charge is -2.15. The average Bonchev–Trinajstić information content (AvgIpc) is 2.50. The van der Waals surface area contributed by atoms with Crippen molar-refractivity contribution in [2.45, 2.75) is 72.3 Å². The summed E-state index contributed by atoms with van der Waals surface area (Å²) >= 11 is 0. The predicted molar refractivity (Wildman–Crippen MR) is 85.2 cm³/mol. The summed E-state index contributed by atoms with van der Waals surface area (Å²) in [5.41, 5.74) is 0.965. The van der Waals surface area contributed by atoms with Crippen LogP contribution in [0.1, 0.15) is 71.3 Å². The van der Waals surface area contributed by atoms with E-state index < -0.39 is 0 Å². The van der Waals surface area contributed by atoms with E-state index in [-0.39, 0.29) is 6.61 Å². The van der Waals surface area contributed by atoms with Crippen molar-refractivity contribution in [3.8, 4) is 0 Å². The number of aliphatic hydroxyl groups excluding tert-OH is 1. The molecule has 110 valence electrons. The molecule has 1 aliphatic carbocycles. The Morgan fingerprint density at radius 1 is 0.947 bits per heavy atom. The van der Waals surface area contributed by atoms with Crippen molar-refractivity contribution in [1.82, 2.24) is 0 Å². The summed E-state index contributed by atoms with van der Waals surface area (Å²) in [5, 5.41) is 8.54. The first kappa shape index (κ1) is 18.2. The van der Waals surface area contributed by atoms with E-state index in [4.69, 9.17) is 5.11 Å². The fraction of sp³-hybridized carbons (Fsp3) is 0.667. The van der Waals surface area contributed by atoms with Crippen LogP contribution in [0.5, 0.6) is 0 Å². The second-order valence-corrected chi connectivity index (χ2v) is 5.39. The third-order valence-electron chi connectivity index (χ3n) is 3.42. The summed E-state index contributed by atoms with van der Waals surface area (Å²) in [6, 6.07) is 9.52. The number of unbranched alkanes of at least 4 members (excludes halogenated alkanes) is 1. The van der Waals surface area contributed by atoms with Crippen molar-refractivity contribution in [2.24, 2.45) is 5.92 Å². The summed E-state index contributed by atoms with van der Waals surface area (Å²) in [5.74, 6) is 1.04. The van der Waals surface area contributed by atoms with Gasteiger partial charge in [0.25, 0.3) is 0 Å². The molecule has 0 atom stereocenters. The lowest BCUT2D eigenvalue weighted by atomic mass is 9.91. The molecule has 0 bridgehead atoms. The van der Waals surface area contributed by atoms with Crippen LogP contribution in [0.4, 0.5) is 0 Å². The zero-order valence-electron chi connectivity index (χ0n) is 13.1. The molecule has 1 aromatic rings. The molecule has 0 saturated heterocycles. The minimum Gasteiger partial charge on any atom is -0.392 e. The van der Waals surface area contributed by atoms with Gasteiger partial charge < -0.3 is 5.11 Å². The van der Waals surface area contributed by atoms with Crippen LogP contribution in [-0.2, 0) is 6.61 Å². The fourth-order valence-corrected chi connectivity index (χ4v) is 1.89. The van der Waals surface area contributed by atoms with Crippen molar-refractivity contribution in [1.29, 1.82) is 0 Å². The third kappa shape index (κ3) is 12.0. The van der Waals surface area contributed by atoms with Crippen LogP contribution in [-0.4, -0.2) is 5.11 Å². The Balaban J connectivity index is 0.000000272. The molecular formula is C18H32O. The monoisotopic (exact) mass is 264 g/mol. The summed E-state index contributed by atoms with van der Waals surface area (Å²) in [6.45, 7) is 6.86. The van der Waals surface area contributed by atoms with Crippen molar-refractivity contribution < 1.29 is 5.11 Å². The molecule has 0 unspecified atom stereocenters. The number of benzene rings is 1. The van der Waals surface area contributed by atoms with E-state index in [9.17, 15) is 0 Å². The van der Waals surface area contributed by atoms with Gasteiger partial charge >= 0.3 is 0 Å². The van der Waals surface area contributed by atoms with Crippen LogP contribution in [0.2, 0.25) is 0 Å². The highest BCUT2D eigenvalue weighted by atomic mass is 16.3. The van der Waals surface area contributed by atoms with Crippen molar-refractivity contribution in [2.75, 3.05) is 0 Å². The second-order valence-electron chi connectivity index (χ2n) is 5.39. The Hall–Kier alpha value is -0.820. The fourth-order valence-electron chi connectivity index (χ4n) is 1.89. The van der Waals surface area contributed by atoms with Gasteiger partial charge in [0.1, 0.15) is 0 Å². The van der Waals surface area contributed by atoms with Gasteiger partial charge in [-0.15, -0.1) is 0 Å². The molecule has 1 heteroatoms. The lowest BCUT2D eigenvalue weighted by Crippen LogP contribution is -1.99. The molecule has 0 aromatic heterocycles. The van der Waals surface area contributed by atoms with Gasteiger partial charge in [-0.1, -0.05) is 96.0 Å². The maximum atomic E-state index is 8.54. The molecule has 0 aliphatic heterocycles. The number of hydrogen-bond donors (Lipinski definition) is 1. The van der Waals surface area contributed by atoms with Gasteiger partial charge in [-0.05, 0) is 11.5 Å². The second kappa shape index (κ2) is 13.6. The minimum atomic E-state index is 0.140. The molecule has 0 heterocycles. The molecule has 1 aliphatic rings. The number of hydrogen-bond acceptors (Lipinski definition) is 1. The van der Waals surface area contributed by atoms with Crippen molar-refractivity contribution >= 4 is 0 Å². The third-order valence-corrected chi connectivity index (χ3v) is 3.42. The number of rotatable bonds is 2. The van der Waals surface area contributed by atoms with Gasteiger partial charge in [0.15, 0.2) is 0 Å². The van der Waals surface area contributed by atoms with Gasteiger partial charge in [0.05, 0.1) is 6.61 Å². The van der Waals surface area contributed by atoms with Crippen molar-refractivity contribution in [3.63, 3.8) is 0 Å². The van der Waals surface area contributed by atoms with E-state index in [0.29, 0.717) is 0 Å². The maximum Gasteiger partial charge on any atom is 0.0681 e. The quantitative estimate of drug-likeness (QED) is 0.740. The maximum absolute atomic E-state index is 8.54. The van der Waals surface area contributed by atoms with Gasteiger partial charge in [0.2, 0.25) is 0 Å². The lowest BCUT2D eigenvalue weighted by molar-refractivity contribution is 0.282. The molecule has 1 nitrogen and oxygen atoms in total. The standard InChI is InChI=1S/C7H8O.C7H14.C4H10/c8-6-7-4-2-1-3-5-7;1-7-5-3-2-4-6-7;1-3-4-2/h1-5,8H,6H2;7H,2-6H2,1H3;3-4H2,1-2H3. The molecule has 1 fully saturated rings. The van der Waals surface area contributed by atoms with Gasteiger partial charge in [-0.2, -0.15) is 0 Å². The zero-order chi connectivity index (χ0) is 14.3. The molecule has 0 spiro atoms. The summed E-state index contributed by atoms with van der Waals surface area (Å²) < 4.78 is 0. The predicted octanol–water partition coefficient (Wildman–Crippen LogP) is 5.57. The molecule has 0 amide bonds. The van der Waals surface area contributed by atoms with Crippen LogP contribution >= 0.6 is 0 Å². The number of aliphatic hydroxyl groups is 1. The molecule has 1 N–H and O–H groups in total. The molecular weight excluding hydrogens is 232 g/mol. The molecule has 19 heavy (non-hydrogen) atoms. The summed E-state index contributed by atoms with van der Waals surface area (Å²) in [6.07, 6.45) is 10.1. The molecule has 1 aromatic carbocycles. The van der Waals surface area contributed by atoms with E-state index >= 15 is 0 Å². The van der Waals surface area contributed by atoms with Crippen LogP contribution in [0, 0.1) is 5.92 Å². The first-order valence-corrected chi connectivity index (χ1v) is 7.89. The Morgan fingerprint density at radius 3 is 1.74 bits per heavy atom. The van der Waals surface area contributed by atoms with Crippen LogP contribution < -0.4 is 0 Å². The summed E-state index contributed by atoms with van der Waals surface area (Å²) in [4.78, 5) is 0. The highest BCUT2D eigenvalue weighted by Crippen LogP contribution is 2.22. The van der Waals surface area contributed by atoms with Gasteiger partial charge in [-0.3, -0.25) is 0 Å². The van der Waals surface area contributed by atoms with Gasteiger partial charge in [0, 0.05) is 0 Å². The normalized spacial score (nSPS) is 14.7. The topological polar surface area (TPSA) is 20.2 Å². The highest BCUT2D eigenvalue weighted by molar-refractivity contribution is 5.12. The molecule has 0 radical (unpaired) electrons. The van der Waals surface area contributed by atoms with E-state index in [2.05, 4.69) is 20.8 Å². The zero-order valence-corrected chi connectivity index (χ0v) is 13.1. The highest BCUT2D eigenvalue weighted by Gasteiger charge is 2.05. The SMILES string of the molecule is CC1CCCCC1.CCCC.OCc1ccccc1.